The number of ketones is 1. The Labute approximate surface area is 162 Å². The number of nitrogen functional groups attached to an aromatic ring is 1. The van der Waals surface area contributed by atoms with E-state index in [1.165, 1.54) is 9.47 Å². The van der Waals surface area contributed by atoms with E-state index in [2.05, 4.69) is 0 Å². The Balaban J connectivity index is 2.53. The van der Waals surface area contributed by atoms with Crippen LogP contribution in [0, 0.1) is 0 Å². The molecule has 9 nitrogen and oxygen atoms in total. The maximum Gasteiger partial charge on any atom is 0.332 e. The molecule has 0 unspecified atom stereocenters. The van der Waals surface area contributed by atoms with Crippen molar-refractivity contribution < 1.29 is 9.59 Å². The minimum Gasteiger partial charge on any atom is -0.384 e. The minimum absolute atomic E-state index is 0.0978. The molecule has 0 saturated carbocycles. The number of likely N-dealkylation sites (N-methyl/N-ethyl adjacent to an activating group) is 1. The van der Waals surface area contributed by atoms with Crippen LogP contribution in [0.25, 0.3) is 0 Å². The van der Waals surface area contributed by atoms with Crippen LogP contribution in [0.5, 0.6) is 0 Å². The molecule has 0 saturated heterocycles. The number of anilines is 1. The first-order valence-electron chi connectivity index (χ1n) is 8.88. The molecule has 1 atom stereocenters. The van der Waals surface area contributed by atoms with Crippen molar-refractivity contribution >= 4 is 17.5 Å². The molecule has 150 valence electrons. The van der Waals surface area contributed by atoms with Crippen LogP contribution in [0.3, 0.4) is 0 Å². The smallest absolute Gasteiger partial charge is 0.332 e. The predicted molar refractivity (Wildman–Crippen MR) is 106 cm³/mol. The number of primary amides is 1. The second-order valence-corrected chi connectivity index (χ2v) is 6.58. The number of aromatic nitrogens is 2. The second-order valence-electron chi connectivity index (χ2n) is 6.58. The van der Waals surface area contributed by atoms with Crippen molar-refractivity contribution in [2.75, 3.05) is 19.3 Å². The van der Waals surface area contributed by atoms with E-state index < -0.39 is 29.0 Å². The molecule has 1 heterocycles. The molecule has 2 aromatic rings. The summed E-state index contributed by atoms with van der Waals surface area (Å²) in [6.45, 7) is 3.18. The van der Waals surface area contributed by atoms with Gasteiger partial charge < -0.3 is 11.5 Å². The molecule has 1 aromatic heterocycles. The number of hydrogen-bond donors (Lipinski definition) is 2. The fourth-order valence-electron chi connectivity index (χ4n) is 2.83. The summed E-state index contributed by atoms with van der Waals surface area (Å²) in [5, 5.41) is 0. The first kappa shape index (κ1) is 21.1. The highest BCUT2D eigenvalue weighted by molar-refractivity contribution is 6.01. The van der Waals surface area contributed by atoms with Gasteiger partial charge in [0.05, 0.1) is 19.1 Å². The molecule has 0 spiro atoms. The number of nitrogens with two attached hydrogens (primary N) is 2. The van der Waals surface area contributed by atoms with Crippen LogP contribution in [0.15, 0.2) is 39.9 Å². The lowest BCUT2D eigenvalue weighted by atomic mass is 10.1. The average molecular weight is 387 g/mol. The Morgan fingerprint density at radius 1 is 1.14 bits per heavy atom. The van der Waals surface area contributed by atoms with Gasteiger partial charge >= 0.3 is 5.69 Å². The number of benzene rings is 1. The molecule has 0 radical (unpaired) electrons. The summed E-state index contributed by atoms with van der Waals surface area (Å²) in [5.74, 6) is -1.36. The summed E-state index contributed by atoms with van der Waals surface area (Å²) in [6.07, 6.45) is 0. The monoisotopic (exact) mass is 387 g/mol. The molecule has 4 N–H and O–H groups in total. The van der Waals surface area contributed by atoms with E-state index in [1.807, 2.05) is 30.3 Å². The number of rotatable bonds is 8. The minimum atomic E-state index is -0.737. The van der Waals surface area contributed by atoms with Gasteiger partial charge in [-0.25, -0.2) is 4.79 Å². The lowest BCUT2D eigenvalue weighted by Crippen LogP contribution is -2.47. The summed E-state index contributed by atoms with van der Waals surface area (Å²) in [7, 11) is 1.54. The Hall–Kier alpha value is -3.20. The molecule has 0 fully saturated rings. The zero-order chi connectivity index (χ0) is 21.0. The van der Waals surface area contributed by atoms with Crippen molar-refractivity contribution in [3.63, 3.8) is 0 Å². The highest BCUT2D eigenvalue weighted by Crippen LogP contribution is 2.10. The summed E-state index contributed by atoms with van der Waals surface area (Å²) < 4.78 is 2.19. The lowest BCUT2D eigenvalue weighted by molar-refractivity contribution is -0.122. The third-order valence-electron chi connectivity index (χ3n) is 4.71. The SMILES string of the molecule is CCn1c(=O)c(C(=O)CN(C)[C@H](C)C(N)=O)c(N)n(Cc2ccccc2)c1=O. The Bertz CT molecular complexity index is 994. The summed E-state index contributed by atoms with van der Waals surface area (Å²) in [5.41, 5.74) is 10.6. The summed E-state index contributed by atoms with van der Waals surface area (Å²) in [6, 6.07) is 8.41. The molecule has 0 aliphatic rings. The van der Waals surface area contributed by atoms with Gasteiger partial charge in [-0.15, -0.1) is 0 Å². The van der Waals surface area contributed by atoms with E-state index >= 15 is 0 Å². The molecule has 1 aromatic carbocycles. The van der Waals surface area contributed by atoms with Crippen molar-refractivity contribution in [1.29, 1.82) is 0 Å². The third-order valence-corrected chi connectivity index (χ3v) is 4.71. The second kappa shape index (κ2) is 8.66. The van der Waals surface area contributed by atoms with Gasteiger partial charge in [-0.2, -0.15) is 0 Å². The average Bonchev–Trinajstić information content (AvgIpc) is 2.65. The lowest BCUT2D eigenvalue weighted by Gasteiger charge is -2.22. The van der Waals surface area contributed by atoms with Crippen LogP contribution in [0.1, 0.15) is 29.8 Å². The maximum absolute atomic E-state index is 12.8. The van der Waals surface area contributed by atoms with Gasteiger partial charge in [-0.1, -0.05) is 30.3 Å². The highest BCUT2D eigenvalue weighted by atomic mass is 16.2. The van der Waals surface area contributed by atoms with Crippen LogP contribution < -0.4 is 22.7 Å². The molecule has 9 heteroatoms. The number of hydrogen-bond acceptors (Lipinski definition) is 6. The fourth-order valence-corrected chi connectivity index (χ4v) is 2.83. The van der Waals surface area contributed by atoms with Crippen molar-refractivity contribution in [3.05, 3.63) is 62.3 Å². The Morgan fingerprint density at radius 3 is 2.29 bits per heavy atom. The Morgan fingerprint density at radius 2 is 1.75 bits per heavy atom. The molecule has 0 aliphatic heterocycles. The van der Waals surface area contributed by atoms with E-state index in [9.17, 15) is 19.2 Å². The maximum atomic E-state index is 12.8. The number of carbonyl (C=O) groups excluding carboxylic acids is 2. The topological polar surface area (TPSA) is 133 Å². The van der Waals surface area contributed by atoms with Gasteiger partial charge in [0, 0.05) is 6.54 Å². The normalized spacial score (nSPS) is 12.1. The highest BCUT2D eigenvalue weighted by Gasteiger charge is 2.25. The fraction of sp³-hybridized carbons (Fsp3) is 0.368. The van der Waals surface area contributed by atoms with E-state index in [4.69, 9.17) is 11.5 Å². The van der Waals surface area contributed by atoms with Crippen molar-refractivity contribution in [2.45, 2.75) is 33.0 Å². The summed E-state index contributed by atoms with van der Waals surface area (Å²) in [4.78, 5) is 51.0. The largest absolute Gasteiger partial charge is 0.384 e. The summed E-state index contributed by atoms with van der Waals surface area (Å²) >= 11 is 0. The number of amides is 1. The molecule has 0 bridgehead atoms. The number of carbonyl (C=O) groups is 2. The van der Waals surface area contributed by atoms with Gasteiger partial charge in [-0.3, -0.25) is 28.4 Å². The van der Waals surface area contributed by atoms with E-state index in [-0.39, 0.29) is 31.0 Å². The zero-order valence-electron chi connectivity index (χ0n) is 16.2. The molecular weight excluding hydrogens is 362 g/mol. The van der Waals surface area contributed by atoms with Crippen LogP contribution in [0.4, 0.5) is 5.82 Å². The molecule has 2 rings (SSSR count). The molecule has 28 heavy (non-hydrogen) atoms. The standard InChI is InChI=1S/C19H25N5O4/c1-4-23-18(27)15(14(25)11-22(3)12(2)17(21)26)16(20)24(19(23)28)10-13-8-6-5-7-9-13/h5-9,12H,4,10-11,20H2,1-3H3,(H2,21,26)/t12-/m1/s1. The first-order chi connectivity index (χ1) is 13.2. The number of nitrogens with zero attached hydrogens (tertiary/aromatic N) is 3. The van der Waals surface area contributed by atoms with Crippen LogP contribution in [-0.2, 0) is 17.9 Å². The predicted octanol–water partition coefficient (Wildman–Crippen LogP) is -0.351. The molecule has 0 aliphatic carbocycles. The van der Waals surface area contributed by atoms with Gasteiger partial charge in [0.2, 0.25) is 5.91 Å². The molecule has 1 amide bonds. The van der Waals surface area contributed by atoms with Crippen LogP contribution >= 0.6 is 0 Å². The first-order valence-corrected chi connectivity index (χ1v) is 8.88. The quantitative estimate of drug-likeness (QED) is 0.595. The zero-order valence-corrected chi connectivity index (χ0v) is 16.2. The van der Waals surface area contributed by atoms with Crippen molar-refractivity contribution in [1.82, 2.24) is 14.0 Å². The van der Waals surface area contributed by atoms with E-state index in [0.29, 0.717) is 0 Å². The van der Waals surface area contributed by atoms with E-state index in [1.54, 1.807) is 20.9 Å². The van der Waals surface area contributed by atoms with Crippen LogP contribution in [-0.4, -0.2) is 45.4 Å². The van der Waals surface area contributed by atoms with Gasteiger partial charge in [0.25, 0.3) is 5.56 Å². The van der Waals surface area contributed by atoms with Gasteiger partial charge in [0.15, 0.2) is 5.78 Å². The number of Topliss-reactive ketones (excluding diaryl/α,β-unsaturated/α-hetero) is 1. The Kier molecular flexibility index (Phi) is 6.53. The van der Waals surface area contributed by atoms with Gasteiger partial charge in [-0.05, 0) is 26.5 Å². The van der Waals surface area contributed by atoms with Crippen molar-refractivity contribution in [3.8, 4) is 0 Å². The third kappa shape index (κ3) is 4.20. The van der Waals surface area contributed by atoms with Gasteiger partial charge in [0.1, 0.15) is 11.4 Å². The van der Waals surface area contributed by atoms with Crippen molar-refractivity contribution in [2.24, 2.45) is 5.73 Å². The van der Waals surface area contributed by atoms with Crippen LogP contribution in [0.2, 0.25) is 0 Å². The van der Waals surface area contributed by atoms with E-state index in [0.717, 1.165) is 10.1 Å². The molecular formula is C19H25N5O4.